The lowest BCUT2D eigenvalue weighted by atomic mass is 9.90. The quantitative estimate of drug-likeness (QED) is 0.150. The SMILES string of the molecule is c1ccc(-c2ccc(N(c3ccc(-c4cccc5ccccc45)c(-c4ccccc4)c3)c3ccc4c5ccccc5n(-c5ccccc5)c4c3)cc2-c2ccccc2)cc1. The highest BCUT2D eigenvalue weighted by atomic mass is 15.1. The molecule has 0 saturated carbocycles. The predicted molar refractivity (Wildman–Crippen MR) is 255 cm³/mol. The van der Waals surface area contributed by atoms with E-state index in [0.717, 1.165) is 28.3 Å². The van der Waals surface area contributed by atoms with E-state index < -0.39 is 0 Å². The van der Waals surface area contributed by atoms with Gasteiger partial charge in [-0.2, -0.15) is 0 Å². The van der Waals surface area contributed by atoms with Crippen molar-refractivity contribution in [3.05, 3.63) is 243 Å². The second kappa shape index (κ2) is 15.1. The van der Waals surface area contributed by atoms with Crippen molar-refractivity contribution in [1.82, 2.24) is 4.57 Å². The summed E-state index contributed by atoms with van der Waals surface area (Å²) in [4.78, 5) is 2.44. The van der Waals surface area contributed by atoms with Crippen molar-refractivity contribution in [2.75, 3.05) is 4.90 Å². The first-order chi connectivity index (χ1) is 29.8. The van der Waals surface area contributed by atoms with Crippen molar-refractivity contribution < 1.29 is 0 Å². The first-order valence-corrected chi connectivity index (χ1v) is 20.6. The number of para-hydroxylation sites is 2. The summed E-state index contributed by atoms with van der Waals surface area (Å²) in [7, 11) is 0. The smallest absolute Gasteiger partial charge is 0.0561 e. The summed E-state index contributed by atoms with van der Waals surface area (Å²) < 4.78 is 2.40. The van der Waals surface area contributed by atoms with Gasteiger partial charge < -0.3 is 9.47 Å². The molecule has 0 radical (unpaired) electrons. The number of rotatable bonds is 8. The molecule has 0 aliphatic carbocycles. The van der Waals surface area contributed by atoms with Crippen LogP contribution in [0.4, 0.5) is 17.1 Å². The fourth-order valence-corrected chi connectivity index (χ4v) is 9.02. The summed E-state index contributed by atoms with van der Waals surface area (Å²) >= 11 is 0. The Morgan fingerprint density at radius 2 is 0.733 bits per heavy atom. The fourth-order valence-electron chi connectivity index (χ4n) is 9.02. The van der Waals surface area contributed by atoms with E-state index in [0.29, 0.717) is 0 Å². The van der Waals surface area contributed by atoms with Gasteiger partial charge in [-0.15, -0.1) is 0 Å². The Hall–Kier alpha value is -7.94. The molecule has 11 aromatic rings. The fraction of sp³-hybridized carbons (Fsp3) is 0. The number of anilines is 3. The summed E-state index contributed by atoms with van der Waals surface area (Å²) in [5, 5.41) is 4.93. The first-order valence-electron chi connectivity index (χ1n) is 20.6. The average Bonchev–Trinajstić information content (AvgIpc) is 3.66. The Labute approximate surface area is 350 Å². The highest BCUT2D eigenvalue weighted by Crippen LogP contribution is 2.46. The first kappa shape index (κ1) is 35.2. The lowest BCUT2D eigenvalue weighted by Gasteiger charge is -2.28. The molecular weight excluding hydrogens is 725 g/mol. The molecular formula is C58H40N2. The molecule has 0 amide bonds. The molecule has 0 spiro atoms. The molecule has 282 valence electrons. The van der Waals surface area contributed by atoms with Gasteiger partial charge in [0.25, 0.3) is 0 Å². The van der Waals surface area contributed by atoms with E-state index in [1.807, 2.05) is 0 Å². The molecule has 0 aliphatic rings. The summed E-state index contributed by atoms with van der Waals surface area (Å²) in [5.41, 5.74) is 16.2. The van der Waals surface area contributed by atoms with E-state index in [2.05, 4.69) is 252 Å². The lowest BCUT2D eigenvalue weighted by molar-refractivity contribution is 1.18. The minimum Gasteiger partial charge on any atom is -0.310 e. The Morgan fingerprint density at radius 3 is 1.40 bits per heavy atom. The van der Waals surface area contributed by atoms with Gasteiger partial charge in [-0.1, -0.05) is 188 Å². The van der Waals surface area contributed by atoms with Gasteiger partial charge in [0.05, 0.1) is 11.0 Å². The molecule has 0 N–H and O–H groups in total. The van der Waals surface area contributed by atoms with Crippen LogP contribution in [0.3, 0.4) is 0 Å². The number of nitrogens with zero attached hydrogens (tertiary/aromatic N) is 2. The van der Waals surface area contributed by atoms with Crippen molar-refractivity contribution in [2.24, 2.45) is 0 Å². The zero-order valence-corrected chi connectivity index (χ0v) is 33.0. The Morgan fingerprint density at radius 1 is 0.267 bits per heavy atom. The number of aromatic nitrogens is 1. The highest BCUT2D eigenvalue weighted by Gasteiger charge is 2.21. The van der Waals surface area contributed by atoms with Gasteiger partial charge in [0.2, 0.25) is 0 Å². The molecule has 1 heterocycles. The number of benzene rings is 10. The van der Waals surface area contributed by atoms with Crippen molar-refractivity contribution in [2.45, 2.75) is 0 Å². The summed E-state index contributed by atoms with van der Waals surface area (Å²) in [6, 6.07) is 88.0. The third-order valence-electron chi connectivity index (χ3n) is 11.8. The third-order valence-corrected chi connectivity index (χ3v) is 11.8. The molecule has 0 aliphatic heterocycles. The minimum absolute atomic E-state index is 1.07. The monoisotopic (exact) mass is 764 g/mol. The molecule has 10 aromatic carbocycles. The van der Waals surface area contributed by atoms with Crippen LogP contribution in [0.15, 0.2) is 243 Å². The van der Waals surface area contributed by atoms with E-state index >= 15 is 0 Å². The normalized spacial score (nSPS) is 11.3. The second-order valence-electron chi connectivity index (χ2n) is 15.3. The van der Waals surface area contributed by atoms with Crippen molar-refractivity contribution in [3.8, 4) is 50.2 Å². The molecule has 0 saturated heterocycles. The van der Waals surface area contributed by atoms with E-state index in [-0.39, 0.29) is 0 Å². The van der Waals surface area contributed by atoms with Crippen molar-refractivity contribution in [1.29, 1.82) is 0 Å². The Bertz CT molecular complexity index is 3290. The van der Waals surface area contributed by atoms with Crippen LogP contribution >= 0.6 is 0 Å². The predicted octanol–water partition coefficient (Wildman–Crippen LogP) is 16.1. The van der Waals surface area contributed by atoms with Gasteiger partial charge in [0, 0.05) is 33.5 Å². The second-order valence-corrected chi connectivity index (χ2v) is 15.3. The molecule has 2 nitrogen and oxygen atoms in total. The average molecular weight is 765 g/mol. The van der Waals surface area contributed by atoms with Crippen LogP contribution in [0.5, 0.6) is 0 Å². The van der Waals surface area contributed by atoms with Crippen molar-refractivity contribution >= 4 is 49.6 Å². The number of hydrogen-bond acceptors (Lipinski definition) is 1. The van der Waals surface area contributed by atoms with Gasteiger partial charge >= 0.3 is 0 Å². The molecule has 0 fully saturated rings. The van der Waals surface area contributed by atoms with Crippen LogP contribution in [0.1, 0.15) is 0 Å². The molecule has 0 bridgehead atoms. The van der Waals surface area contributed by atoms with Crippen LogP contribution in [0, 0.1) is 0 Å². The molecule has 11 rings (SSSR count). The topological polar surface area (TPSA) is 8.17 Å². The van der Waals surface area contributed by atoms with Crippen LogP contribution in [0.25, 0.3) is 82.8 Å². The van der Waals surface area contributed by atoms with Crippen molar-refractivity contribution in [3.63, 3.8) is 0 Å². The molecule has 2 heteroatoms. The largest absolute Gasteiger partial charge is 0.310 e. The summed E-state index contributed by atoms with van der Waals surface area (Å²) in [6.45, 7) is 0. The van der Waals surface area contributed by atoms with Crippen LogP contribution in [0.2, 0.25) is 0 Å². The maximum atomic E-state index is 2.44. The summed E-state index contributed by atoms with van der Waals surface area (Å²) in [6.07, 6.45) is 0. The maximum absolute atomic E-state index is 2.44. The zero-order valence-electron chi connectivity index (χ0n) is 33.0. The number of fused-ring (bicyclic) bond motifs is 4. The van der Waals surface area contributed by atoms with E-state index in [4.69, 9.17) is 0 Å². The Balaban J connectivity index is 1.19. The van der Waals surface area contributed by atoms with E-state index in [1.165, 1.54) is 71.6 Å². The van der Waals surface area contributed by atoms with Gasteiger partial charge in [0.1, 0.15) is 0 Å². The summed E-state index contributed by atoms with van der Waals surface area (Å²) in [5.74, 6) is 0. The van der Waals surface area contributed by atoms with E-state index in [1.54, 1.807) is 0 Å². The minimum atomic E-state index is 1.07. The van der Waals surface area contributed by atoms with Gasteiger partial charge in [0.15, 0.2) is 0 Å². The molecule has 1 aromatic heterocycles. The maximum Gasteiger partial charge on any atom is 0.0561 e. The van der Waals surface area contributed by atoms with Crippen LogP contribution in [-0.4, -0.2) is 4.57 Å². The molecule has 60 heavy (non-hydrogen) atoms. The highest BCUT2D eigenvalue weighted by molar-refractivity contribution is 6.10. The van der Waals surface area contributed by atoms with Crippen LogP contribution < -0.4 is 4.90 Å². The molecule has 0 unspecified atom stereocenters. The number of hydrogen-bond donors (Lipinski definition) is 0. The van der Waals surface area contributed by atoms with E-state index in [9.17, 15) is 0 Å². The van der Waals surface area contributed by atoms with Gasteiger partial charge in [-0.25, -0.2) is 0 Å². The van der Waals surface area contributed by atoms with Crippen LogP contribution in [-0.2, 0) is 0 Å². The Kier molecular flexibility index (Phi) is 8.87. The van der Waals surface area contributed by atoms with Gasteiger partial charge in [-0.3, -0.25) is 0 Å². The third kappa shape index (κ3) is 6.23. The van der Waals surface area contributed by atoms with Gasteiger partial charge in [-0.05, 0) is 110 Å². The standard InChI is InChI=1S/C58H40N2/c1-5-18-41(19-6-1)50-35-32-46(38-55(50)43-20-7-2-8-21-43)59(48-34-37-54-53-29-15-16-31-57(53)60(58(54)40-48)45-26-11-4-12-27-45)47-33-36-52(56(39-47)44-22-9-3-10-23-44)51-30-17-25-42-24-13-14-28-49(42)51/h1-40H. The molecule has 0 atom stereocenters. The zero-order chi connectivity index (χ0) is 39.8. The lowest BCUT2D eigenvalue weighted by Crippen LogP contribution is -2.11.